The molecule has 164 valence electrons. The number of fused-ring (bicyclic) bond motifs is 1. The van der Waals surface area contributed by atoms with E-state index in [0.717, 1.165) is 43.2 Å². The van der Waals surface area contributed by atoms with Crippen molar-refractivity contribution in [1.29, 1.82) is 0 Å². The summed E-state index contributed by atoms with van der Waals surface area (Å²) in [6, 6.07) is 6.98. The van der Waals surface area contributed by atoms with Crippen LogP contribution in [0, 0.1) is 11.8 Å². The Morgan fingerprint density at radius 2 is 1.67 bits per heavy atom. The molecule has 1 aromatic rings. The fraction of sp³-hybridized carbons (Fsp3) is 0.625. The lowest BCUT2D eigenvalue weighted by Crippen LogP contribution is -2.32. The molecule has 1 aliphatic heterocycles. The summed E-state index contributed by atoms with van der Waals surface area (Å²) in [6.07, 6.45) is 7.52. The van der Waals surface area contributed by atoms with Crippen LogP contribution in [0.1, 0.15) is 55.3 Å². The molecule has 2 aliphatic rings. The molecule has 2 fully saturated rings. The molecule has 1 heterocycles. The van der Waals surface area contributed by atoms with Gasteiger partial charge in [-0.25, -0.2) is 0 Å². The quantitative estimate of drug-likeness (QED) is 0.437. The highest BCUT2D eigenvalue weighted by molar-refractivity contribution is 5.93. The van der Waals surface area contributed by atoms with Gasteiger partial charge in [0.2, 0.25) is 11.8 Å². The van der Waals surface area contributed by atoms with Crippen molar-refractivity contribution in [2.45, 2.75) is 44.9 Å². The van der Waals surface area contributed by atoms with E-state index in [1.54, 1.807) is 36.2 Å². The van der Waals surface area contributed by atoms with E-state index in [2.05, 4.69) is 4.90 Å². The zero-order valence-electron chi connectivity index (χ0n) is 18.4. The minimum Gasteiger partial charge on any atom is -0.346 e. The predicted molar refractivity (Wildman–Crippen MR) is 119 cm³/mol. The maximum absolute atomic E-state index is 12.4. The molecule has 0 spiro atoms. The Bertz CT molecular complexity index is 722. The van der Waals surface area contributed by atoms with E-state index in [1.807, 2.05) is 11.9 Å². The average Bonchev–Trinajstić information content (AvgIpc) is 3.36. The smallest absolute Gasteiger partial charge is 0.226 e. The summed E-state index contributed by atoms with van der Waals surface area (Å²) in [6.45, 7) is 3.92. The number of rotatable bonds is 10. The molecule has 0 radical (unpaired) electrons. The molecular formula is C24H35N3O3. The predicted octanol–water partition coefficient (Wildman–Crippen LogP) is 3.21. The van der Waals surface area contributed by atoms with Crippen LogP contribution in [0.2, 0.25) is 0 Å². The van der Waals surface area contributed by atoms with Crippen molar-refractivity contribution < 1.29 is 14.4 Å². The van der Waals surface area contributed by atoms with Crippen molar-refractivity contribution in [3.05, 3.63) is 29.8 Å². The minimum atomic E-state index is 0.0439. The zero-order valence-corrected chi connectivity index (χ0v) is 18.4. The van der Waals surface area contributed by atoms with Gasteiger partial charge in [-0.3, -0.25) is 14.4 Å². The molecule has 1 saturated carbocycles. The third-order valence-electron chi connectivity index (χ3n) is 6.79. The lowest BCUT2D eigenvalue weighted by Gasteiger charge is -2.21. The first-order valence-electron chi connectivity index (χ1n) is 11.3. The van der Waals surface area contributed by atoms with Crippen LogP contribution in [0.4, 0.5) is 5.69 Å². The van der Waals surface area contributed by atoms with Crippen LogP contribution < -0.4 is 4.90 Å². The van der Waals surface area contributed by atoms with Gasteiger partial charge >= 0.3 is 0 Å². The van der Waals surface area contributed by atoms with E-state index < -0.39 is 0 Å². The van der Waals surface area contributed by atoms with Gasteiger partial charge in [0.15, 0.2) is 0 Å². The third-order valence-corrected chi connectivity index (χ3v) is 6.79. The lowest BCUT2D eigenvalue weighted by molar-refractivity contribution is -0.130. The Kier molecular flexibility index (Phi) is 8.02. The number of likely N-dealkylation sites (tertiary alicyclic amines) is 1. The molecule has 6 heteroatoms. The number of hydrogen-bond acceptors (Lipinski definition) is 4. The van der Waals surface area contributed by atoms with Crippen LogP contribution in [0.15, 0.2) is 24.3 Å². The molecule has 1 aromatic carbocycles. The second-order valence-corrected chi connectivity index (χ2v) is 8.90. The van der Waals surface area contributed by atoms with E-state index in [1.165, 1.54) is 32.4 Å². The Morgan fingerprint density at radius 3 is 2.30 bits per heavy atom. The van der Waals surface area contributed by atoms with Crippen molar-refractivity contribution in [1.82, 2.24) is 9.80 Å². The summed E-state index contributed by atoms with van der Waals surface area (Å²) in [5.74, 6) is 1.99. The van der Waals surface area contributed by atoms with Crippen LogP contribution in [-0.2, 0) is 9.59 Å². The van der Waals surface area contributed by atoms with Gasteiger partial charge in [-0.1, -0.05) is 6.42 Å². The van der Waals surface area contributed by atoms with E-state index >= 15 is 0 Å². The first kappa shape index (κ1) is 22.5. The first-order chi connectivity index (χ1) is 14.5. The summed E-state index contributed by atoms with van der Waals surface area (Å²) in [5, 5.41) is 0. The molecule has 2 unspecified atom stereocenters. The van der Waals surface area contributed by atoms with E-state index in [0.29, 0.717) is 24.9 Å². The topological polar surface area (TPSA) is 60.9 Å². The molecular weight excluding hydrogens is 378 g/mol. The van der Waals surface area contributed by atoms with Crippen molar-refractivity contribution in [3.63, 3.8) is 0 Å². The summed E-state index contributed by atoms with van der Waals surface area (Å²) in [5.41, 5.74) is 1.38. The van der Waals surface area contributed by atoms with Crippen molar-refractivity contribution >= 4 is 23.8 Å². The van der Waals surface area contributed by atoms with Gasteiger partial charge in [-0.15, -0.1) is 0 Å². The molecule has 1 saturated heterocycles. The van der Waals surface area contributed by atoms with Gasteiger partial charge in [-0.2, -0.15) is 0 Å². The number of amides is 2. The van der Waals surface area contributed by atoms with Gasteiger partial charge in [0, 0.05) is 64.4 Å². The van der Waals surface area contributed by atoms with Crippen LogP contribution >= 0.6 is 0 Å². The SMILES string of the molecule is CN(CCCCC(=O)N(C)c1ccc(C=O)cc1)C(=O)CCN1CC2CCCC2C1. The number of hydrogen-bond donors (Lipinski definition) is 0. The standard InChI is InChI=1S/C24H35N3O3/c1-25(23(29)13-15-27-16-20-6-5-7-21(20)17-27)14-4-3-8-24(30)26(2)22-11-9-19(18-28)10-12-22/h9-12,18,20-21H,3-8,13-17H2,1-2H3. The summed E-state index contributed by atoms with van der Waals surface area (Å²) < 4.78 is 0. The van der Waals surface area contributed by atoms with Crippen molar-refractivity contribution in [2.75, 3.05) is 45.2 Å². The Morgan fingerprint density at radius 1 is 1.00 bits per heavy atom. The summed E-state index contributed by atoms with van der Waals surface area (Å²) in [7, 11) is 3.62. The van der Waals surface area contributed by atoms with Gasteiger partial charge in [-0.05, 0) is 61.8 Å². The number of anilines is 1. The maximum atomic E-state index is 12.4. The highest BCUT2D eigenvalue weighted by Gasteiger charge is 2.35. The van der Waals surface area contributed by atoms with Crippen LogP contribution in [0.5, 0.6) is 0 Å². The lowest BCUT2D eigenvalue weighted by atomic mass is 10.0. The molecule has 3 rings (SSSR count). The molecule has 1 aliphatic carbocycles. The second-order valence-electron chi connectivity index (χ2n) is 8.90. The van der Waals surface area contributed by atoms with Crippen LogP contribution in [0.25, 0.3) is 0 Å². The van der Waals surface area contributed by atoms with E-state index in [9.17, 15) is 14.4 Å². The second kappa shape index (κ2) is 10.7. The largest absolute Gasteiger partial charge is 0.346 e. The zero-order chi connectivity index (χ0) is 21.5. The monoisotopic (exact) mass is 413 g/mol. The van der Waals surface area contributed by atoms with E-state index in [4.69, 9.17) is 0 Å². The number of carbonyl (C=O) groups excluding carboxylic acids is 3. The van der Waals surface area contributed by atoms with Gasteiger partial charge in [0.1, 0.15) is 6.29 Å². The number of aldehydes is 1. The van der Waals surface area contributed by atoms with Gasteiger partial charge in [0.05, 0.1) is 0 Å². The number of carbonyl (C=O) groups is 3. The average molecular weight is 414 g/mol. The fourth-order valence-electron chi connectivity index (χ4n) is 4.80. The van der Waals surface area contributed by atoms with E-state index in [-0.39, 0.29) is 11.8 Å². The summed E-state index contributed by atoms with van der Waals surface area (Å²) >= 11 is 0. The highest BCUT2D eigenvalue weighted by atomic mass is 16.2. The maximum Gasteiger partial charge on any atom is 0.226 e. The van der Waals surface area contributed by atoms with Crippen molar-refractivity contribution in [3.8, 4) is 0 Å². The molecule has 0 aromatic heterocycles. The van der Waals surface area contributed by atoms with Gasteiger partial charge < -0.3 is 14.7 Å². The number of nitrogens with zero attached hydrogens (tertiary/aromatic N) is 3. The Labute approximate surface area is 180 Å². The number of unbranched alkanes of at least 4 members (excludes halogenated alkanes) is 1. The Balaban J connectivity index is 1.29. The Hall–Kier alpha value is -2.21. The highest BCUT2D eigenvalue weighted by Crippen LogP contribution is 2.37. The molecule has 0 bridgehead atoms. The molecule has 6 nitrogen and oxygen atoms in total. The molecule has 2 amide bonds. The normalized spacial score (nSPS) is 20.7. The first-order valence-corrected chi connectivity index (χ1v) is 11.3. The molecule has 2 atom stereocenters. The van der Waals surface area contributed by atoms with Gasteiger partial charge in [0.25, 0.3) is 0 Å². The molecule has 30 heavy (non-hydrogen) atoms. The molecule has 0 N–H and O–H groups in total. The van der Waals surface area contributed by atoms with Crippen molar-refractivity contribution in [2.24, 2.45) is 11.8 Å². The fourth-order valence-corrected chi connectivity index (χ4v) is 4.80. The van der Waals surface area contributed by atoms with Crippen LogP contribution in [-0.4, -0.2) is 68.2 Å². The minimum absolute atomic E-state index is 0.0439. The summed E-state index contributed by atoms with van der Waals surface area (Å²) in [4.78, 5) is 41.4. The van der Waals surface area contributed by atoms with Crippen LogP contribution in [0.3, 0.4) is 0 Å². The third kappa shape index (κ3) is 5.91. The number of benzene rings is 1.